The maximum atomic E-state index is 11.0. The Hall–Kier alpha value is -0.480. The fourth-order valence-corrected chi connectivity index (χ4v) is 1.29. The summed E-state index contributed by atoms with van der Waals surface area (Å²) in [5, 5.41) is 0. The fraction of sp³-hybridized carbons (Fsp3) is 0.625. The van der Waals surface area contributed by atoms with E-state index in [-0.39, 0.29) is 5.97 Å². The highest BCUT2D eigenvalue weighted by atomic mass is 32.2. The molecule has 70 valence electrons. The second kappa shape index (κ2) is 7.18. The lowest BCUT2D eigenvalue weighted by Crippen LogP contribution is -2.34. The predicted molar refractivity (Wildman–Crippen MR) is 52.1 cm³/mol. The van der Waals surface area contributed by atoms with Crippen LogP contribution in [0.2, 0.25) is 0 Å². The van der Waals surface area contributed by atoms with E-state index in [1.54, 1.807) is 24.8 Å². The summed E-state index contributed by atoms with van der Waals surface area (Å²) >= 11 is 1.57. The van der Waals surface area contributed by atoms with Gasteiger partial charge in [-0.25, -0.2) is 0 Å². The second-order valence-corrected chi connectivity index (χ2v) is 3.26. The van der Waals surface area contributed by atoms with Crippen molar-refractivity contribution in [1.82, 2.24) is 0 Å². The van der Waals surface area contributed by atoms with Gasteiger partial charge in [0.1, 0.15) is 6.04 Å². The van der Waals surface area contributed by atoms with Gasteiger partial charge in [0, 0.05) is 11.5 Å². The maximum Gasteiger partial charge on any atom is 0.323 e. The fourth-order valence-electron chi connectivity index (χ4n) is 0.596. The molecule has 0 aliphatic rings. The molecule has 0 heterocycles. The Morgan fingerprint density at radius 2 is 2.50 bits per heavy atom. The van der Waals surface area contributed by atoms with Crippen LogP contribution in [0.1, 0.15) is 6.92 Å². The van der Waals surface area contributed by atoms with Crippen molar-refractivity contribution >= 4 is 17.7 Å². The van der Waals surface area contributed by atoms with Crippen molar-refractivity contribution in [1.29, 1.82) is 0 Å². The third kappa shape index (κ3) is 5.21. The van der Waals surface area contributed by atoms with E-state index in [0.29, 0.717) is 12.4 Å². The topological polar surface area (TPSA) is 52.3 Å². The van der Waals surface area contributed by atoms with Gasteiger partial charge in [0.2, 0.25) is 0 Å². The van der Waals surface area contributed by atoms with Crippen LogP contribution in [-0.2, 0) is 9.53 Å². The van der Waals surface area contributed by atoms with Crippen LogP contribution in [0.5, 0.6) is 0 Å². The Labute approximate surface area is 77.3 Å². The van der Waals surface area contributed by atoms with Gasteiger partial charge in [0.25, 0.3) is 0 Å². The highest BCUT2D eigenvalue weighted by molar-refractivity contribution is 7.99. The van der Waals surface area contributed by atoms with Crippen LogP contribution in [0, 0.1) is 0 Å². The first kappa shape index (κ1) is 11.5. The highest BCUT2D eigenvalue weighted by Crippen LogP contribution is 2.02. The van der Waals surface area contributed by atoms with Gasteiger partial charge in [-0.1, -0.05) is 6.08 Å². The van der Waals surface area contributed by atoms with E-state index < -0.39 is 6.04 Å². The molecule has 0 radical (unpaired) electrons. The molecule has 4 heteroatoms. The van der Waals surface area contributed by atoms with Gasteiger partial charge in [-0.3, -0.25) is 4.79 Å². The Morgan fingerprint density at radius 3 is 3.00 bits per heavy atom. The van der Waals surface area contributed by atoms with Crippen molar-refractivity contribution in [3.8, 4) is 0 Å². The molecule has 1 atom stereocenters. The SMILES string of the molecule is C=CCSCC(N)C(=O)OCC. The van der Waals surface area contributed by atoms with Crippen molar-refractivity contribution in [2.45, 2.75) is 13.0 Å². The molecule has 0 aromatic rings. The van der Waals surface area contributed by atoms with Crippen LogP contribution in [0.25, 0.3) is 0 Å². The molecule has 0 fully saturated rings. The minimum Gasteiger partial charge on any atom is -0.465 e. The van der Waals surface area contributed by atoms with E-state index >= 15 is 0 Å². The number of hydrogen-bond acceptors (Lipinski definition) is 4. The van der Waals surface area contributed by atoms with E-state index in [9.17, 15) is 4.79 Å². The van der Waals surface area contributed by atoms with Crippen molar-refractivity contribution < 1.29 is 9.53 Å². The van der Waals surface area contributed by atoms with Gasteiger partial charge in [0.15, 0.2) is 0 Å². The summed E-state index contributed by atoms with van der Waals surface area (Å²) in [5.74, 6) is 1.08. The molecule has 0 saturated heterocycles. The minimum absolute atomic E-state index is 0.325. The molecular formula is C8H15NO2S. The predicted octanol–water partition coefficient (Wildman–Crippen LogP) is 0.796. The molecule has 0 spiro atoms. The van der Waals surface area contributed by atoms with E-state index in [4.69, 9.17) is 10.5 Å². The molecule has 0 aromatic heterocycles. The number of hydrogen-bond donors (Lipinski definition) is 1. The number of rotatable bonds is 6. The Bertz CT molecular complexity index is 150. The van der Waals surface area contributed by atoms with Crippen molar-refractivity contribution in [2.75, 3.05) is 18.1 Å². The average molecular weight is 189 g/mol. The summed E-state index contributed by atoms with van der Waals surface area (Å²) < 4.78 is 4.73. The van der Waals surface area contributed by atoms with Gasteiger partial charge >= 0.3 is 5.97 Å². The zero-order valence-electron chi connectivity index (χ0n) is 7.29. The standard InChI is InChI=1S/C8H15NO2S/c1-3-5-12-6-7(9)8(10)11-4-2/h3,7H,1,4-6,9H2,2H3. The number of nitrogens with two attached hydrogens (primary N) is 1. The molecule has 0 saturated carbocycles. The highest BCUT2D eigenvalue weighted by Gasteiger charge is 2.13. The third-order valence-electron chi connectivity index (χ3n) is 1.12. The summed E-state index contributed by atoms with van der Waals surface area (Å²) in [6.07, 6.45) is 1.78. The van der Waals surface area contributed by atoms with Crippen LogP contribution in [0.15, 0.2) is 12.7 Å². The average Bonchev–Trinajstić information content (AvgIpc) is 2.05. The van der Waals surface area contributed by atoms with E-state index in [2.05, 4.69) is 6.58 Å². The van der Waals surface area contributed by atoms with Crippen molar-refractivity contribution in [3.63, 3.8) is 0 Å². The van der Waals surface area contributed by atoms with Gasteiger partial charge in [-0.15, -0.1) is 6.58 Å². The minimum atomic E-state index is -0.505. The number of thioether (sulfide) groups is 1. The first-order valence-electron chi connectivity index (χ1n) is 3.83. The number of carbonyl (C=O) groups is 1. The first-order chi connectivity index (χ1) is 5.72. The smallest absolute Gasteiger partial charge is 0.323 e. The summed E-state index contributed by atoms with van der Waals surface area (Å²) in [7, 11) is 0. The molecular weight excluding hydrogens is 174 g/mol. The van der Waals surface area contributed by atoms with E-state index in [0.717, 1.165) is 5.75 Å². The lowest BCUT2D eigenvalue weighted by molar-refractivity contribution is -0.144. The molecule has 0 amide bonds. The van der Waals surface area contributed by atoms with Crippen LogP contribution < -0.4 is 5.73 Å². The van der Waals surface area contributed by atoms with Gasteiger partial charge in [-0.2, -0.15) is 11.8 Å². The molecule has 1 unspecified atom stereocenters. The monoisotopic (exact) mass is 189 g/mol. The lowest BCUT2D eigenvalue weighted by atomic mass is 10.4. The maximum absolute atomic E-state index is 11.0. The summed E-state index contributed by atoms with van der Waals surface area (Å²) in [6, 6.07) is -0.505. The molecule has 0 aliphatic carbocycles. The third-order valence-corrected chi connectivity index (χ3v) is 2.19. The molecule has 12 heavy (non-hydrogen) atoms. The zero-order chi connectivity index (χ0) is 9.40. The normalized spacial score (nSPS) is 12.2. The van der Waals surface area contributed by atoms with Gasteiger partial charge < -0.3 is 10.5 Å². The van der Waals surface area contributed by atoms with Crippen LogP contribution in [0.3, 0.4) is 0 Å². The lowest BCUT2D eigenvalue weighted by Gasteiger charge is -2.08. The van der Waals surface area contributed by atoms with Crippen molar-refractivity contribution in [2.24, 2.45) is 5.73 Å². The first-order valence-corrected chi connectivity index (χ1v) is 4.98. The Morgan fingerprint density at radius 1 is 1.83 bits per heavy atom. The van der Waals surface area contributed by atoms with Gasteiger partial charge in [-0.05, 0) is 6.92 Å². The molecule has 3 nitrogen and oxygen atoms in total. The molecule has 0 bridgehead atoms. The van der Waals surface area contributed by atoms with Crippen molar-refractivity contribution in [3.05, 3.63) is 12.7 Å². The molecule has 0 aliphatic heterocycles. The van der Waals surface area contributed by atoms with E-state index in [1.807, 2.05) is 0 Å². The number of ether oxygens (including phenoxy) is 1. The quantitative estimate of drug-likeness (QED) is 0.381. The molecule has 0 rings (SSSR count). The summed E-state index contributed by atoms with van der Waals surface area (Å²) in [5.41, 5.74) is 5.51. The van der Waals surface area contributed by atoms with Crippen LogP contribution >= 0.6 is 11.8 Å². The van der Waals surface area contributed by atoms with Gasteiger partial charge in [0.05, 0.1) is 6.61 Å². The van der Waals surface area contributed by atoms with Crippen LogP contribution in [-0.4, -0.2) is 30.1 Å². The van der Waals surface area contributed by atoms with Crippen LogP contribution in [0.4, 0.5) is 0 Å². The Balaban J connectivity index is 3.49. The summed E-state index contributed by atoms with van der Waals surface area (Å²) in [6.45, 7) is 5.71. The number of esters is 1. The largest absolute Gasteiger partial charge is 0.465 e. The molecule has 2 N–H and O–H groups in total. The number of carbonyl (C=O) groups excluding carboxylic acids is 1. The second-order valence-electron chi connectivity index (χ2n) is 2.18. The summed E-state index contributed by atoms with van der Waals surface area (Å²) in [4.78, 5) is 11.0. The van der Waals surface area contributed by atoms with E-state index in [1.165, 1.54) is 0 Å². The molecule has 0 aromatic carbocycles. The zero-order valence-corrected chi connectivity index (χ0v) is 8.10. The Kier molecular flexibility index (Phi) is 6.90.